The molecule has 1 N–H and O–H groups in total. The van der Waals surface area contributed by atoms with Crippen molar-refractivity contribution in [2.75, 3.05) is 13.2 Å². The van der Waals surface area contributed by atoms with Gasteiger partial charge in [-0.2, -0.15) is 0 Å². The Morgan fingerprint density at radius 1 is 1.09 bits per heavy atom. The summed E-state index contributed by atoms with van der Waals surface area (Å²) in [7, 11) is 0. The van der Waals surface area contributed by atoms with Crippen molar-refractivity contribution < 1.29 is 33.7 Å². The molecular weight excluding hydrogens is 504 g/mol. The van der Waals surface area contributed by atoms with Gasteiger partial charge >= 0.3 is 17.9 Å². The van der Waals surface area contributed by atoms with E-state index in [-0.39, 0.29) is 62.8 Å². The molecule has 4 aliphatic carbocycles. The van der Waals surface area contributed by atoms with Crippen LogP contribution in [0.2, 0.25) is 0 Å². The van der Waals surface area contributed by atoms with Crippen LogP contribution in [0.4, 0.5) is 0 Å². The highest BCUT2D eigenvalue weighted by Crippen LogP contribution is 2.74. The fourth-order valence-electron chi connectivity index (χ4n) is 7.49. The summed E-state index contributed by atoms with van der Waals surface area (Å²) >= 11 is 3.74. The van der Waals surface area contributed by atoms with E-state index in [4.69, 9.17) is 14.2 Å². The Kier molecular flexibility index (Phi) is 6.73. The van der Waals surface area contributed by atoms with Gasteiger partial charge in [0.1, 0.15) is 12.7 Å². The third-order valence-electron chi connectivity index (χ3n) is 9.24. The Morgan fingerprint density at radius 3 is 2.38 bits per heavy atom. The summed E-state index contributed by atoms with van der Waals surface area (Å²) in [6.07, 6.45) is 5.33. The molecule has 0 unspecified atom stereocenters. The van der Waals surface area contributed by atoms with E-state index in [0.29, 0.717) is 19.6 Å². The highest BCUT2D eigenvalue weighted by atomic mass is 79.9. The number of carbonyl (C=O) groups is 3. The van der Waals surface area contributed by atoms with Gasteiger partial charge in [0.15, 0.2) is 0 Å². The lowest BCUT2D eigenvalue weighted by atomic mass is 9.48. The molecule has 3 fully saturated rings. The minimum atomic E-state index is -0.502. The normalized spacial score (nSPS) is 43.3. The molecule has 0 aromatic carbocycles. The summed E-state index contributed by atoms with van der Waals surface area (Å²) < 4.78 is 16.6. The molecule has 9 atom stereocenters. The van der Waals surface area contributed by atoms with Crippen LogP contribution in [0.1, 0.15) is 66.7 Å². The maximum absolute atomic E-state index is 11.9. The molecule has 34 heavy (non-hydrogen) atoms. The first-order chi connectivity index (χ1) is 15.8. The Bertz CT molecular complexity index is 902. The van der Waals surface area contributed by atoms with Gasteiger partial charge in [-0.05, 0) is 48.9 Å². The molecule has 8 heteroatoms. The standard InChI is InChI=1S/C26H37BrO7/c1-14(28)32-12-23(27)24(4)7-6-18-17(9-24)20(31)8-22-25(18,5)11-21(34-16(3)30)19-10-26(19,22)13-33-15(2)29/h6,17,19-23,31H,7-13H2,1-5H3/t17-,19+,20-,21-,22+,23+,24+,25+,26-/m1/s1. The largest absolute Gasteiger partial charge is 0.465 e. The lowest BCUT2D eigenvalue weighted by molar-refractivity contribution is -0.162. The maximum atomic E-state index is 11.9. The van der Waals surface area contributed by atoms with Crippen molar-refractivity contribution in [2.24, 2.45) is 34.0 Å². The van der Waals surface area contributed by atoms with Gasteiger partial charge < -0.3 is 19.3 Å². The van der Waals surface area contributed by atoms with E-state index < -0.39 is 6.10 Å². The smallest absolute Gasteiger partial charge is 0.302 e. The first kappa shape index (κ1) is 25.7. The van der Waals surface area contributed by atoms with Crippen LogP contribution in [-0.4, -0.2) is 53.3 Å². The van der Waals surface area contributed by atoms with Crippen molar-refractivity contribution in [3.63, 3.8) is 0 Å². The van der Waals surface area contributed by atoms with Gasteiger partial charge in [0, 0.05) is 38.0 Å². The van der Waals surface area contributed by atoms with Crippen molar-refractivity contribution in [1.82, 2.24) is 0 Å². The second-order valence-electron chi connectivity index (χ2n) is 11.5. The lowest BCUT2D eigenvalue weighted by Gasteiger charge is -2.58. The van der Waals surface area contributed by atoms with Crippen LogP contribution in [0.15, 0.2) is 11.6 Å². The fraction of sp³-hybridized carbons (Fsp3) is 0.808. The Balaban J connectivity index is 1.65. The highest BCUT2D eigenvalue weighted by molar-refractivity contribution is 9.09. The highest BCUT2D eigenvalue weighted by Gasteiger charge is 2.73. The monoisotopic (exact) mass is 540 g/mol. The van der Waals surface area contributed by atoms with Crippen LogP contribution in [0.3, 0.4) is 0 Å². The van der Waals surface area contributed by atoms with E-state index in [0.717, 1.165) is 25.7 Å². The third-order valence-corrected chi connectivity index (χ3v) is 10.6. The van der Waals surface area contributed by atoms with Crippen LogP contribution in [-0.2, 0) is 28.6 Å². The molecule has 190 valence electrons. The number of esters is 3. The first-order valence-electron chi connectivity index (χ1n) is 12.3. The van der Waals surface area contributed by atoms with Gasteiger partial charge in [-0.15, -0.1) is 0 Å². The summed E-state index contributed by atoms with van der Waals surface area (Å²) in [5, 5.41) is 11.4. The summed E-state index contributed by atoms with van der Waals surface area (Å²) in [5.74, 6) is -0.609. The summed E-state index contributed by atoms with van der Waals surface area (Å²) in [6.45, 7) is 9.29. The molecule has 0 aliphatic heterocycles. The number of hydrogen-bond donors (Lipinski definition) is 1. The van der Waals surface area contributed by atoms with Crippen molar-refractivity contribution in [1.29, 1.82) is 0 Å². The van der Waals surface area contributed by atoms with E-state index in [1.165, 1.54) is 26.3 Å². The van der Waals surface area contributed by atoms with E-state index >= 15 is 0 Å². The second-order valence-corrected chi connectivity index (χ2v) is 12.7. The van der Waals surface area contributed by atoms with Gasteiger partial charge in [-0.1, -0.05) is 41.4 Å². The number of carbonyl (C=O) groups excluding carboxylic acids is 3. The minimum Gasteiger partial charge on any atom is -0.465 e. The molecule has 0 radical (unpaired) electrons. The van der Waals surface area contributed by atoms with E-state index in [1.54, 1.807) is 0 Å². The van der Waals surface area contributed by atoms with E-state index in [9.17, 15) is 19.5 Å². The zero-order valence-electron chi connectivity index (χ0n) is 20.8. The molecule has 0 bridgehead atoms. The van der Waals surface area contributed by atoms with Crippen LogP contribution < -0.4 is 0 Å². The van der Waals surface area contributed by atoms with Crippen molar-refractivity contribution in [2.45, 2.75) is 83.8 Å². The van der Waals surface area contributed by atoms with Crippen LogP contribution in [0.5, 0.6) is 0 Å². The number of aliphatic hydroxyl groups excluding tert-OH is 1. The predicted molar refractivity (Wildman–Crippen MR) is 128 cm³/mol. The molecule has 4 rings (SSSR count). The zero-order chi connectivity index (χ0) is 25.1. The van der Waals surface area contributed by atoms with E-state index in [1.807, 2.05) is 0 Å². The topological polar surface area (TPSA) is 99.1 Å². The number of ether oxygens (including phenoxy) is 3. The molecule has 0 saturated heterocycles. The molecule has 4 aliphatic rings. The Hall–Kier alpha value is -1.41. The summed E-state index contributed by atoms with van der Waals surface area (Å²) in [5.41, 5.74) is 0.552. The predicted octanol–water partition coefficient (Wildman–Crippen LogP) is 3.95. The Labute approximate surface area is 210 Å². The molecule has 3 saturated carbocycles. The summed E-state index contributed by atoms with van der Waals surface area (Å²) in [6, 6.07) is 0. The number of aliphatic hydroxyl groups is 1. The Morgan fingerprint density at radius 2 is 1.76 bits per heavy atom. The number of halogens is 1. The number of allylic oxidation sites excluding steroid dienone is 1. The zero-order valence-corrected chi connectivity index (χ0v) is 22.4. The summed E-state index contributed by atoms with van der Waals surface area (Å²) in [4.78, 5) is 34.9. The van der Waals surface area contributed by atoms with Gasteiger partial charge in [0.25, 0.3) is 0 Å². The van der Waals surface area contributed by atoms with Gasteiger partial charge in [0.2, 0.25) is 0 Å². The minimum absolute atomic E-state index is 0.0172. The van der Waals surface area contributed by atoms with Gasteiger partial charge in [-0.3, -0.25) is 14.4 Å². The van der Waals surface area contributed by atoms with Crippen LogP contribution in [0.25, 0.3) is 0 Å². The number of rotatable bonds is 6. The SMILES string of the molecule is CC(=O)OC[C@H](Br)[C@@]1(C)CC=C2[C@@H](C1)[C@H](O)C[C@@H]1[C@@]3(COC(C)=O)C[C@H]3[C@H](OC(C)=O)C[C@@]21C. The molecule has 0 heterocycles. The van der Waals surface area contributed by atoms with Crippen molar-refractivity contribution in [3.8, 4) is 0 Å². The molecule has 0 spiro atoms. The maximum Gasteiger partial charge on any atom is 0.302 e. The number of hydrogen-bond acceptors (Lipinski definition) is 7. The van der Waals surface area contributed by atoms with Crippen molar-refractivity contribution >= 4 is 33.8 Å². The van der Waals surface area contributed by atoms with Crippen molar-refractivity contribution in [3.05, 3.63) is 11.6 Å². The van der Waals surface area contributed by atoms with Crippen LogP contribution >= 0.6 is 15.9 Å². The molecule has 7 nitrogen and oxygen atoms in total. The average Bonchev–Trinajstić information content (AvgIpc) is 3.48. The fourth-order valence-corrected chi connectivity index (χ4v) is 7.99. The lowest BCUT2D eigenvalue weighted by Crippen LogP contribution is -2.56. The quantitative estimate of drug-likeness (QED) is 0.235. The second kappa shape index (κ2) is 8.91. The molecule has 0 amide bonds. The first-order valence-corrected chi connectivity index (χ1v) is 13.2. The third kappa shape index (κ3) is 4.34. The van der Waals surface area contributed by atoms with E-state index in [2.05, 4.69) is 35.9 Å². The molecular formula is C26H37BrO7. The number of alkyl halides is 1. The number of fused-ring (bicyclic) bond motifs is 5. The van der Waals surface area contributed by atoms with Gasteiger partial charge in [-0.25, -0.2) is 0 Å². The molecule has 0 aromatic rings. The van der Waals surface area contributed by atoms with Gasteiger partial charge in [0.05, 0.1) is 17.5 Å². The molecule has 0 aromatic heterocycles. The average molecular weight is 541 g/mol. The van der Waals surface area contributed by atoms with Crippen LogP contribution in [0, 0.1) is 34.0 Å².